The second-order valence-electron chi connectivity index (χ2n) is 3.96. The number of aromatic nitrogens is 2. The van der Waals surface area contributed by atoms with E-state index in [1.165, 1.54) is 16.8 Å². The molecule has 2 aromatic heterocycles. The zero-order valence-corrected chi connectivity index (χ0v) is 10.8. The minimum absolute atomic E-state index is 0.235. The van der Waals surface area contributed by atoms with Gasteiger partial charge in [0.2, 0.25) is 0 Å². The molecule has 0 aliphatic heterocycles. The molecule has 2 rings (SSSR count). The maximum atomic E-state index is 11.9. The molecule has 0 saturated heterocycles. The van der Waals surface area contributed by atoms with E-state index in [0.717, 1.165) is 0 Å². The standard InChI is InChI=1S/C13H15N3O3/c1-3-16-10(17)7-9(14)11-8(13(18)19-4-2)5-6-15-12(11)16/h5-7H,3-4,14H2,1-2H3. The van der Waals surface area contributed by atoms with Crippen molar-refractivity contribution in [3.05, 3.63) is 34.2 Å². The summed E-state index contributed by atoms with van der Waals surface area (Å²) in [6.45, 7) is 4.28. The first-order valence-electron chi connectivity index (χ1n) is 6.05. The van der Waals surface area contributed by atoms with Crippen LogP contribution in [0.5, 0.6) is 0 Å². The van der Waals surface area contributed by atoms with Crippen molar-refractivity contribution < 1.29 is 9.53 Å². The highest BCUT2D eigenvalue weighted by Gasteiger charge is 2.16. The average Bonchev–Trinajstić information content (AvgIpc) is 2.38. The van der Waals surface area contributed by atoms with E-state index in [0.29, 0.717) is 23.1 Å². The molecular formula is C13H15N3O3. The van der Waals surface area contributed by atoms with Gasteiger partial charge in [-0.25, -0.2) is 9.78 Å². The number of carbonyl (C=O) groups is 1. The molecule has 0 atom stereocenters. The van der Waals surface area contributed by atoms with Crippen molar-refractivity contribution >= 4 is 22.7 Å². The molecule has 2 aromatic rings. The second kappa shape index (κ2) is 5.09. The Bertz CT molecular complexity index is 691. The van der Waals surface area contributed by atoms with E-state index in [1.54, 1.807) is 13.0 Å². The number of fused-ring (bicyclic) bond motifs is 1. The van der Waals surface area contributed by atoms with Gasteiger partial charge in [-0.05, 0) is 19.9 Å². The number of nitrogens with two attached hydrogens (primary N) is 1. The molecular weight excluding hydrogens is 246 g/mol. The van der Waals surface area contributed by atoms with E-state index in [2.05, 4.69) is 4.98 Å². The van der Waals surface area contributed by atoms with Crippen molar-refractivity contribution in [1.29, 1.82) is 0 Å². The molecule has 0 radical (unpaired) electrons. The third-order valence-corrected chi connectivity index (χ3v) is 2.83. The molecule has 0 aliphatic rings. The summed E-state index contributed by atoms with van der Waals surface area (Å²) in [5.41, 5.74) is 6.58. The number of anilines is 1. The molecule has 0 fully saturated rings. The molecule has 0 saturated carbocycles. The fourth-order valence-corrected chi connectivity index (χ4v) is 2.01. The number of esters is 1. The van der Waals surface area contributed by atoms with Gasteiger partial charge >= 0.3 is 5.97 Å². The van der Waals surface area contributed by atoms with Crippen LogP contribution < -0.4 is 11.3 Å². The normalized spacial score (nSPS) is 10.6. The lowest BCUT2D eigenvalue weighted by molar-refractivity contribution is 0.0528. The van der Waals surface area contributed by atoms with Crippen molar-refractivity contribution in [2.45, 2.75) is 20.4 Å². The second-order valence-corrected chi connectivity index (χ2v) is 3.96. The largest absolute Gasteiger partial charge is 0.462 e. The zero-order chi connectivity index (χ0) is 14.0. The maximum absolute atomic E-state index is 11.9. The summed E-state index contributed by atoms with van der Waals surface area (Å²) < 4.78 is 6.45. The van der Waals surface area contributed by atoms with Gasteiger partial charge in [0.25, 0.3) is 5.56 Å². The van der Waals surface area contributed by atoms with E-state index >= 15 is 0 Å². The summed E-state index contributed by atoms with van der Waals surface area (Å²) in [6, 6.07) is 2.84. The van der Waals surface area contributed by atoms with Gasteiger partial charge in [-0.3, -0.25) is 9.36 Å². The lowest BCUT2D eigenvalue weighted by atomic mass is 10.1. The molecule has 6 heteroatoms. The Balaban J connectivity index is 2.82. The zero-order valence-electron chi connectivity index (χ0n) is 10.8. The van der Waals surface area contributed by atoms with Gasteiger partial charge < -0.3 is 10.5 Å². The predicted molar refractivity (Wildman–Crippen MR) is 72.0 cm³/mol. The highest BCUT2D eigenvalue weighted by atomic mass is 16.5. The quantitative estimate of drug-likeness (QED) is 0.838. The van der Waals surface area contributed by atoms with Crippen LogP contribution in [0.15, 0.2) is 23.1 Å². The van der Waals surface area contributed by atoms with Crippen LogP contribution in [0.3, 0.4) is 0 Å². The summed E-state index contributed by atoms with van der Waals surface area (Å²) in [5.74, 6) is -0.470. The van der Waals surface area contributed by atoms with E-state index in [-0.39, 0.29) is 17.9 Å². The molecule has 19 heavy (non-hydrogen) atoms. The summed E-state index contributed by atoms with van der Waals surface area (Å²) in [6.07, 6.45) is 1.47. The maximum Gasteiger partial charge on any atom is 0.339 e. The first kappa shape index (κ1) is 13.1. The monoisotopic (exact) mass is 261 g/mol. The molecule has 0 bridgehead atoms. The smallest absolute Gasteiger partial charge is 0.339 e. The number of rotatable bonds is 3. The van der Waals surface area contributed by atoms with Gasteiger partial charge in [0.15, 0.2) is 0 Å². The molecule has 0 unspecified atom stereocenters. The molecule has 100 valence electrons. The fraction of sp³-hybridized carbons (Fsp3) is 0.308. The number of hydrogen-bond donors (Lipinski definition) is 1. The molecule has 0 aromatic carbocycles. The van der Waals surface area contributed by atoms with Crippen LogP contribution >= 0.6 is 0 Å². The first-order valence-corrected chi connectivity index (χ1v) is 6.05. The third kappa shape index (κ3) is 2.16. The third-order valence-electron chi connectivity index (χ3n) is 2.83. The van der Waals surface area contributed by atoms with Gasteiger partial charge in [0.1, 0.15) is 5.65 Å². The number of pyridine rings is 2. The van der Waals surface area contributed by atoms with E-state index in [4.69, 9.17) is 10.5 Å². The minimum atomic E-state index is -0.470. The Morgan fingerprint density at radius 2 is 2.21 bits per heavy atom. The molecule has 2 heterocycles. The van der Waals surface area contributed by atoms with E-state index in [1.807, 2.05) is 6.92 Å². The van der Waals surface area contributed by atoms with Crippen LogP contribution in [0.2, 0.25) is 0 Å². The molecule has 6 nitrogen and oxygen atoms in total. The Kier molecular flexibility index (Phi) is 3.50. The minimum Gasteiger partial charge on any atom is -0.462 e. The highest BCUT2D eigenvalue weighted by Crippen LogP contribution is 2.22. The van der Waals surface area contributed by atoms with Crippen LogP contribution in [0, 0.1) is 0 Å². The fourth-order valence-electron chi connectivity index (χ4n) is 2.01. The lowest BCUT2D eigenvalue weighted by Crippen LogP contribution is -2.21. The predicted octanol–water partition coefficient (Wildman–Crippen LogP) is 1.18. The van der Waals surface area contributed by atoms with Gasteiger partial charge in [0, 0.05) is 24.5 Å². The molecule has 0 aliphatic carbocycles. The van der Waals surface area contributed by atoms with E-state index in [9.17, 15) is 9.59 Å². The summed E-state index contributed by atoms with van der Waals surface area (Å²) in [7, 11) is 0. The molecule has 2 N–H and O–H groups in total. The number of aryl methyl sites for hydroxylation is 1. The van der Waals surface area contributed by atoms with Gasteiger partial charge in [0.05, 0.1) is 17.6 Å². The number of hydrogen-bond acceptors (Lipinski definition) is 5. The molecule has 0 amide bonds. The van der Waals surface area contributed by atoms with Crippen LogP contribution in [0.25, 0.3) is 11.0 Å². The number of carbonyl (C=O) groups excluding carboxylic acids is 1. The van der Waals surface area contributed by atoms with Crippen LogP contribution in [-0.4, -0.2) is 22.1 Å². The van der Waals surface area contributed by atoms with Crippen molar-refractivity contribution in [2.24, 2.45) is 0 Å². The Morgan fingerprint density at radius 3 is 2.84 bits per heavy atom. The summed E-state index contributed by atoms with van der Waals surface area (Å²) in [5, 5.41) is 0.461. The average molecular weight is 261 g/mol. The van der Waals surface area contributed by atoms with Gasteiger partial charge in [-0.1, -0.05) is 0 Å². The number of ether oxygens (including phenoxy) is 1. The molecule has 0 spiro atoms. The Morgan fingerprint density at radius 1 is 1.47 bits per heavy atom. The van der Waals surface area contributed by atoms with Crippen molar-refractivity contribution in [2.75, 3.05) is 12.3 Å². The van der Waals surface area contributed by atoms with Gasteiger partial charge in [-0.15, -0.1) is 0 Å². The highest BCUT2D eigenvalue weighted by molar-refractivity contribution is 6.07. The van der Waals surface area contributed by atoms with Crippen LogP contribution in [0.1, 0.15) is 24.2 Å². The number of nitrogens with zero attached hydrogens (tertiary/aromatic N) is 2. The Hall–Kier alpha value is -2.37. The van der Waals surface area contributed by atoms with E-state index < -0.39 is 5.97 Å². The first-order chi connectivity index (χ1) is 9.10. The topological polar surface area (TPSA) is 87.2 Å². The van der Waals surface area contributed by atoms with Crippen LogP contribution in [0.4, 0.5) is 5.69 Å². The summed E-state index contributed by atoms with van der Waals surface area (Å²) >= 11 is 0. The van der Waals surface area contributed by atoms with Crippen molar-refractivity contribution in [3.63, 3.8) is 0 Å². The van der Waals surface area contributed by atoms with Crippen LogP contribution in [-0.2, 0) is 11.3 Å². The lowest BCUT2D eigenvalue weighted by Gasteiger charge is -2.11. The Labute approximate surface area is 109 Å². The SMILES string of the molecule is CCOC(=O)c1ccnc2c1c(N)cc(=O)n2CC. The van der Waals surface area contributed by atoms with Crippen molar-refractivity contribution in [1.82, 2.24) is 9.55 Å². The number of nitrogen functional groups attached to an aromatic ring is 1. The van der Waals surface area contributed by atoms with Gasteiger partial charge in [-0.2, -0.15) is 0 Å². The summed E-state index contributed by atoms with van der Waals surface area (Å²) in [4.78, 5) is 27.9. The van der Waals surface area contributed by atoms with Crippen molar-refractivity contribution in [3.8, 4) is 0 Å².